The van der Waals surface area contributed by atoms with Crippen LogP contribution < -0.4 is 11.1 Å². The Balaban J connectivity index is 2.38. The molecule has 88 valence electrons. The average molecular weight is 365 g/mol. The summed E-state index contributed by atoms with van der Waals surface area (Å²) < 4.78 is 13.8. The van der Waals surface area contributed by atoms with E-state index in [9.17, 15) is 4.39 Å². The number of nitrogens with one attached hydrogen (secondary N) is 1. The van der Waals surface area contributed by atoms with Gasteiger partial charge >= 0.3 is 0 Å². The number of nitrogens with two attached hydrogens (primary N) is 1. The van der Waals surface area contributed by atoms with E-state index in [0.29, 0.717) is 15.1 Å². The minimum atomic E-state index is -0.311. The van der Waals surface area contributed by atoms with Crippen molar-refractivity contribution in [2.45, 2.75) is 0 Å². The Morgan fingerprint density at radius 3 is 2.88 bits per heavy atom. The molecule has 0 unspecified atom stereocenters. The number of hydrogen-bond acceptors (Lipinski definition) is 4. The molecule has 17 heavy (non-hydrogen) atoms. The Morgan fingerprint density at radius 2 is 2.12 bits per heavy atom. The molecular weight excluding hydrogens is 357 g/mol. The van der Waals surface area contributed by atoms with E-state index in [1.165, 1.54) is 12.4 Å². The zero-order valence-corrected chi connectivity index (χ0v) is 11.3. The normalized spacial score (nSPS) is 10.3. The first-order valence-corrected chi connectivity index (χ1v) is 6.02. The third-order valence-electron chi connectivity index (χ3n) is 2.02. The Bertz CT molecular complexity index is 514. The fourth-order valence-corrected chi connectivity index (χ4v) is 1.84. The van der Waals surface area contributed by atoms with Crippen LogP contribution in [0.3, 0.4) is 0 Å². The lowest BCUT2D eigenvalue weighted by atomic mass is 10.3. The van der Waals surface area contributed by atoms with Crippen molar-refractivity contribution in [2.75, 3.05) is 11.1 Å². The molecule has 7 heteroatoms. The minimum Gasteiger partial charge on any atom is -0.382 e. The van der Waals surface area contributed by atoms with Crippen molar-refractivity contribution in [1.29, 1.82) is 0 Å². The van der Waals surface area contributed by atoms with Gasteiger partial charge in [-0.15, -0.1) is 0 Å². The largest absolute Gasteiger partial charge is 0.382 e. The maximum Gasteiger partial charge on any atom is 0.154 e. The van der Waals surface area contributed by atoms with E-state index in [1.807, 2.05) is 22.6 Å². The minimum absolute atomic E-state index is 0.176. The highest BCUT2D eigenvalue weighted by atomic mass is 127. The summed E-state index contributed by atoms with van der Waals surface area (Å²) in [6.45, 7) is 0. The van der Waals surface area contributed by atoms with Gasteiger partial charge < -0.3 is 11.1 Å². The van der Waals surface area contributed by atoms with Crippen molar-refractivity contribution in [1.82, 2.24) is 9.97 Å². The Morgan fingerprint density at radius 1 is 1.35 bits per heavy atom. The second-order valence-corrected chi connectivity index (χ2v) is 4.60. The van der Waals surface area contributed by atoms with Gasteiger partial charge in [-0.2, -0.15) is 0 Å². The standard InChI is InChI=1S/C10H7ClFIN4/c11-7-9(14)15-4-16-10(7)17-6-3-1-2-5(12)8(6)13/h1-4H,(H3,14,15,16,17). The molecule has 0 amide bonds. The van der Waals surface area contributed by atoms with Gasteiger partial charge in [0.25, 0.3) is 0 Å². The van der Waals surface area contributed by atoms with Crippen LogP contribution in [-0.4, -0.2) is 9.97 Å². The molecule has 1 aromatic carbocycles. The van der Waals surface area contributed by atoms with Gasteiger partial charge in [-0.3, -0.25) is 0 Å². The lowest BCUT2D eigenvalue weighted by Gasteiger charge is -2.09. The first-order chi connectivity index (χ1) is 8.09. The Kier molecular flexibility index (Phi) is 3.63. The van der Waals surface area contributed by atoms with Crippen LogP contribution in [0, 0.1) is 9.39 Å². The maximum absolute atomic E-state index is 13.3. The Labute approximate surface area is 116 Å². The third kappa shape index (κ3) is 2.58. The van der Waals surface area contributed by atoms with E-state index in [-0.39, 0.29) is 16.7 Å². The number of rotatable bonds is 2. The average Bonchev–Trinajstić information content (AvgIpc) is 2.31. The highest BCUT2D eigenvalue weighted by molar-refractivity contribution is 14.1. The lowest BCUT2D eigenvalue weighted by Crippen LogP contribution is -2.01. The van der Waals surface area contributed by atoms with Gasteiger partial charge in [0.1, 0.15) is 23.0 Å². The summed E-state index contributed by atoms with van der Waals surface area (Å²) in [5, 5.41) is 3.13. The van der Waals surface area contributed by atoms with E-state index in [1.54, 1.807) is 12.1 Å². The maximum atomic E-state index is 13.3. The van der Waals surface area contributed by atoms with Crippen LogP contribution in [0.15, 0.2) is 24.5 Å². The van der Waals surface area contributed by atoms with Crippen LogP contribution >= 0.6 is 34.2 Å². The van der Waals surface area contributed by atoms with Gasteiger partial charge in [-0.05, 0) is 34.7 Å². The first-order valence-electron chi connectivity index (χ1n) is 4.56. The van der Waals surface area contributed by atoms with Crippen LogP contribution in [0.5, 0.6) is 0 Å². The van der Waals surface area contributed by atoms with Gasteiger partial charge in [-0.1, -0.05) is 17.7 Å². The number of anilines is 3. The fraction of sp³-hybridized carbons (Fsp3) is 0. The molecule has 1 aromatic heterocycles. The molecule has 0 radical (unpaired) electrons. The van der Waals surface area contributed by atoms with E-state index in [0.717, 1.165) is 0 Å². The number of nitrogen functional groups attached to an aromatic ring is 1. The molecule has 3 N–H and O–H groups in total. The molecule has 0 aliphatic carbocycles. The van der Waals surface area contributed by atoms with Gasteiger partial charge in [0.15, 0.2) is 5.82 Å². The zero-order valence-electron chi connectivity index (χ0n) is 8.42. The van der Waals surface area contributed by atoms with Crippen molar-refractivity contribution in [3.05, 3.63) is 38.9 Å². The quantitative estimate of drug-likeness (QED) is 0.803. The van der Waals surface area contributed by atoms with Crippen molar-refractivity contribution < 1.29 is 4.39 Å². The monoisotopic (exact) mass is 364 g/mol. The predicted octanol–water partition coefficient (Wildman–Crippen LogP) is 3.20. The summed E-state index contributed by atoms with van der Waals surface area (Å²) in [7, 11) is 0. The molecule has 1 heterocycles. The molecule has 4 nitrogen and oxygen atoms in total. The topological polar surface area (TPSA) is 63.8 Å². The first kappa shape index (κ1) is 12.3. The fourth-order valence-electron chi connectivity index (χ4n) is 1.20. The molecule has 0 bridgehead atoms. The summed E-state index contributed by atoms with van der Waals surface area (Å²) >= 11 is 7.82. The zero-order chi connectivity index (χ0) is 12.4. The van der Waals surface area contributed by atoms with E-state index in [2.05, 4.69) is 15.3 Å². The lowest BCUT2D eigenvalue weighted by molar-refractivity contribution is 0.621. The molecule has 0 saturated heterocycles. The van der Waals surface area contributed by atoms with Crippen LogP contribution in [0.2, 0.25) is 5.02 Å². The summed E-state index contributed by atoms with van der Waals surface area (Å²) in [6, 6.07) is 4.70. The van der Waals surface area contributed by atoms with E-state index in [4.69, 9.17) is 17.3 Å². The van der Waals surface area contributed by atoms with E-state index >= 15 is 0 Å². The Hall–Kier alpha value is -1.15. The summed E-state index contributed by atoms with van der Waals surface area (Å²) in [5.74, 6) is 0.215. The molecule has 0 atom stereocenters. The third-order valence-corrected chi connectivity index (χ3v) is 3.49. The summed E-state index contributed by atoms with van der Waals surface area (Å²) in [5.41, 5.74) is 6.12. The van der Waals surface area contributed by atoms with Crippen LogP contribution in [-0.2, 0) is 0 Å². The highest BCUT2D eigenvalue weighted by Crippen LogP contribution is 2.29. The summed E-state index contributed by atoms with van der Waals surface area (Å²) in [6.07, 6.45) is 1.29. The number of halogens is 3. The van der Waals surface area contributed by atoms with Crippen LogP contribution in [0.1, 0.15) is 0 Å². The smallest absolute Gasteiger partial charge is 0.154 e. The summed E-state index contributed by atoms with van der Waals surface area (Å²) in [4.78, 5) is 7.68. The highest BCUT2D eigenvalue weighted by Gasteiger charge is 2.10. The van der Waals surface area contributed by atoms with Crippen LogP contribution in [0.25, 0.3) is 0 Å². The van der Waals surface area contributed by atoms with Crippen molar-refractivity contribution in [2.24, 2.45) is 0 Å². The number of aromatic nitrogens is 2. The van der Waals surface area contributed by atoms with Crippen molar-refractivity contribution >= 4 is 51.5 Å². The number of nitrogens with zero attached hydrogens (tertiary/aromatic N) is 2. The molecular formula is C10H7ClFIN4. The molecule has 2 rings (SSSR count). The van der Waals surface area contributed by atoms with Gasteiger partial charge in [0.2, 0.25) is 0 Å². The van der Waals surface area contributed by atoms with Crippen molar-refractivity contribution in [3.8, 4) is 0 Å². The van der Waals surface area contributed by atoms with Crippen molar-refractivity contribution in [3.63, 3.8) is 0 Å². The second kappa shape index (κ2) is 5.01. The molecule has 0 fully saturated rings. The SMILES string of the molecule is Nc1ncnc(Nc2cccc(F)c2I)c1Cl. The van der Waals surface area contributed by atoms with Crippen LogP contribution in [0.4, 0.5) is 21.7 Å². The number of benzene rings is 1. The van der Waals surface area contributed by atoms with Gasteiger partial charge in [-0.25, -0.2) is 14.4 Å². The molecule has 0 aliphatic heterocycles. The predicted molar refractivity (Wildman–Crippen MR) is 73.9 cm³/mol. The molecule has 2 aromatic rings. The number of hydrogen-bond donors (Lipinski definition) is 2. The molecule has 0 spiro atoms. The molecule has 0 saturated carbocycles. The van der Waals surface area contributed by atoms with Gasteiger partial charge in [0.05, 0.1) is 9.26 Å². The van der Waals surface area contributed by atoms with E-state index < -0.39 is 0 Å². The van der Waals surface area contributed by atoms with Gasteiger partial charge in [0, 0.05) is 0 Å². The molecule has 0 aliphatic rings. The second-order valence-electron chi connectivity index (χ2n) is 3.15.